The number of nitrogens with zero attached hydrogens (tertiary/aromatic N) is 1. The van der Waals surface area contributed by atoms with E-state index < -0.39 is 11.6 Å². The van der Waals surface area contributed by atoms with Crippen LogP contribution >= 0.6 is 0 Å². The van der Waals surface area contributed by atoms with E-state index in [-0.39, 0.29) is 17.5 Å². The number of piperidine rings is 1. The molecule has 1 aliphatic carbocycles. The van der Waals surface area contributed by atoms with E-state index in [4.69, 9.17) is 0 Å². The fourth-order valence-corrected chi connectivity index (χ4v) is 2.99. The minimum absolute atomic E-state index is 0.114. The third kappa shape index (κ3) is 3.59. The average molecular weight is 294 g/mol. The van der Waals surface area contributed by atoms with E-state index in [1.54, 1.807) is 0 Å². The largest absolute Gasteiger partial charge is 0.335 e. The number of nitrogens with one attached hydrogen (secondary N) is 1. The van der Waals surface area contributed by atoms with Crippen molar-refractivity contribution in [3.05, 3.63) is 35.4 Å². The van der Waals surface area contributed by atoms with Gasteiger partial charge in [-0.1, -0.05) is 0 Å². The summed E-state index contributed by atoms with van der Waals surface area (Å²) >= 11 is 0. The van der Waals surface area contributed by atoms with Gasteiger partial charge in [0, 0.05) is 24.2 Å². The highest BCUT2D eigenvalue weighted by Gasteiger charge is 2.34. The van der Waals surface area contributed by atoms with Crippen molar-refractivity contribution in [2.24, 2.45) is 5.92 Å². The second-order valence-corrected chi connectivity index (χ2v) is 6.06. The highest BCUT2D eigenvalue weighted by Crippen LogP contribution is 2.30. The van der Waals surface area contributed by atoms with E-state index in [1.807, 2.05) is 4.90 Å². The molecule has 0 spiro atoms. The number of hydrogen-bond donors (Lipinski definition) is 1. The third-order valence-electron chi connectivity index (χ3n) is 4.21. The van der Waals surface area contributed by atoms with Crippen LogP contribution in [0.25, 0.3) is 0 Å². The molecule has 1 atom stereocenters. The Morgan fingerprint density at radius 3 is 2.48 bits per heavy atom. The van der Waals surface area contributed by atoms with Crippen molar-refractivity contribution in [1.82, 2.24) is 10.2 Å². The summed E-state index contributed by atoms with van der Waals surface area (Å²) in [6, 6.07) is 3.29. The molecule has 1 heterocycles. The van der Waals surface area contributed by atoms with Gasteiger partial charge in [-0.05, 0) is 56.8 Å². The van der Waals surface area contributed by atoms with Gasteiger partial charge in [0.15, 0.2) is 0 Å². The zero-order chi connectivity index (χ0) is 14.8. The Morgan fingerprint density at radius 2 is 1.90 bits per heavy atom. The summed E-state index contributed by atoms with van der Waals surface area (Å²) in [6.45, 7) is 2.62. The molecular weight excluding hydrogens is 274 g/mol. The first-order chi connectivity index (χ1) is 10.1. The van der Waals surface area contributed by atoms with Crippen LogP contribution in [0.5, 0.6) is 0 Å². The van der Waals surface area contributed by atoms with Crippen molar-refractivity contribution in [3.63, 3.8) is 0 Å². The first kappa shape index (κ1) is 14.4. The molecule has 0 aromatic heterocycles. The maximum atomic E-state index is 13.3. The van der Waals surface area contributed by atoms with Crippen LogP contribution in [0, 0.1) is 17.6 Å². The molecule has 0 radical (unpaired) electrons. The Kier molecular flexibility index (Phi) is 4.19. The van der Waals surface area contributed by atoms with Crippen molar-refractivity contribution in [2.75, 3.05) is 19.6 Å². The smallest absolute Gasteiger partial charge is 0.254 e. The summed E-state index contributed by atoms with van der Waals surface area (Å²) in [6.07, 6.45) is 4.19. The van der Waals surface area contributed by atoms with Crippen LogP contribution in [0.3, 0.4) is 0 Å². The van der Waals surface area contributed by atoms with Gasteiger partial charge < -0.3 is 10.2 Å². The van der Waals surface area contributed by atoms with Crippen LogP contribution in [0.15, 0.2) is 18.2 Å². The maximum absolute atomic E-state index is 13.3. The van der Waals surface area contributed by atoms with Gasteiger partial charge in [0.25, 0.3) is 5.91 Å². The van der Waals surface area contributed by atoms with Gasteiger partial charge in [0.2, 0.25) is 0 Å². The van der Waals surface area contributed by atoms with Gasteiger partial charge in [-0.15, -0.1) is 0 Å². The number of rotatable bonds is 4. The molecule has 1 saturated heterocycles. The molecule has 2 fully saturated rings. The molecule has 1 aromatic carbocycles. The van der Waals surface area contributed by atoms with E-state index in [0.717, 1.165) is 57.0 Å². The monoisotopic (exact) mass is 294 g/mol. The molecule has 2 aliphatic rings. The van der Waals surface area contributed by atoms with Gasteiger partial charge in [-0.3, -0.25) is 4.79 Å². The molecule has 0 bridgehead atoms. The molecule has 5 heteroatoms. The topological polar surface area (TPSA) is 32.3 Å². The van der Waals surface area contributed by atoms with Gasteiger partial charge in [-0.2, -0.15) is 0 Å². The molecular formula is C16H20F2N2O. The number of carbonyl (C=O) groups is 1. The molecule has 1 N–H and O–H groups in total. The molecule has 114 valence electrons. The van der Waals surface area contributed by atoms with Gasteiger partial charge in [0.1, 0.15) is 11.6 Å². The second kappa shape index (κ2) is 6.10. The summed E-state index contributed by atoms with van der Waals surface area (Å²) < 4.78 is 26.6. The summed E-state index contributed by atoms with van der Waals surface area (Å²) in [5.41, 5.74) is 0.114. The van der Waals surface area contributed by atoms with E-state index in [0.29, 0.717) is 12.5 Å². The quantitative estimate of drug-likeness (QED) is 0.925. The van der Waals surface area contributed by atoms with Crippen LogP contribution in [-0.4, -0.2) is 36.5 Å². The standard InChI is InChI=1S/C16H20F2N2O/c17-13-6-12(7-14(18)8-13)16(21)20(15-3-4-15)10-11-2-1-5-19-9-11/h6-8,11,15,19H,1-5,9-10H2. The number of amides is 1. The minimum Gasteiger partial charge on any atom is -0.335 e. The Balaban J connectivity index is 1.74. The van der Waals surface area contributed by atoms with Crippen LogP contribution in [0.2, 0.25) is 0 Å². The fourth-order valence-electron chi connectivity index (χ4n) is 2.99. The summed E-state index contributed by atoms with van der Waals surface area (Å²) in [5.74, 6) is -1.22. The summed E-state index contributed by atoms with van der Waals surface area (Å²) in [4.78, 5) is 14.4. The Hall–Kier alpha value is -1.49. The SMILES string of the molecule is O=C(c1cc(F)cc(F)c1)N(CC1CCCNC1)C1CC1. The lowest BCUT2D eigenvalue weighted by atomic mass is 9.98. The van der Waals surface area contributed by atoms with Crippen LogP contribution < -0.4 is 5.32 Å². The zero-order valence-electron chi connectivity index (χ0n) is 11.9. The number of hydrogen-bond acceptors (Lipinski definition) is 2. The molecule has 1 amide bonds. The van der Waals surface area contributed by atoms with E-state index in [9.17, 15) is 13.6 Å². The average Bonchev–Trinajstić information content (AvgIpc) is 3.29. The predicted molar refractivity (Wildman–Crippen MR) is 76.0 cm³/mol. The minimum atomic E-state index is -0.701. The normalized spacial score (nSPS) is 22.1. The molecule has 1 aliphatic heterocycles. The lowest BCUT2D eigenvalue weighted by molar-refractivity contribution is 0.0703. The summed E-state index contributed by atoms with van der Waals surface area (Å²) in [5, 5.41) is 3.34. The van der Waals surface area contributed by atoms with E-state index >= 15 is 0 Å². The number of halogens is 2. The van der Waals surface area contributed by atoms with Gasteiger partial charge in [0.05, 0.1) is 0 Å². The lowest BCUT2D eigenvalue weighted by Gasteiger charge is -2.30. The van der Waals surface area contributed by atoms with E-state index in [1.165, 1.54) is 0 Å². The van der Waals surface area contributed by atoms with E-state index in [2.05, 4.69) is 5.32 Å². The molecule has 3 rings (SSSR count). The van der Waals surface area contributed by atoms with Crippen LogP contribution in [0.4, 0.5) is 8.78 Å². The molecule has 1 saturated carbocycles. The second-order valence-electron chi connectivity index (χ2n) is 6.06. The first-order valence-electron chi connectivity index (χ1n) is 7.61. The van der Waals surface area contributed by atoms with Crippen molar-refractivity contribution in [2.45, 2.75) is 31.7 Å². The number of benzene rings is 1. The molecule has 3 nitrogen and oxygen atoms in total. The maximum Gasteiger partial charge on any atom is 0.254 e. The molecule has 1 unspecified atom stereocenters. The van der Waals surface area contributed by atoms with Crippen molar-refractivity contribution in [1.29, 1.82) is 0 Å². The molecule has 21 heavy (non-hydrogen) atoms. The molecule has 1 aromatic rings. The van der Waals surface area contributed by atoms with Gasteiger partial charge >= 0.3 is 0 Å². The lowest BCUT2D eigenvalue weighted by Crippen LogP contribution is -2.42. The Bertz CT molecular complexity index is 505. The highest BCUT2D eigenvalue weighted by atomic mass is 19.1. The van der Waals surface area contributed by atoms with Crippen LogP contribution in [-0.2, 0) is 0 Å². The predicted octanol–water partition coefficient (Wildman–Crippen LogP) is 2.57. The van der Waals surface area contributed by atoms with Crippen molar-refractivity contribution in [3.8, 4) is 0 Å². The Morgan fingerprint density at radius 1 is 1.19 bits per heavy atom. The summed E-state index contributed by atoms with van der Waals surface area (Å²) in [7, 11) is 0. The highest BCUT2D eigenvalue weighted by molar-refractivity contribution is 5.94. The zero-order valence-corrected chi connectivity index (χ0v) is 11.9. The fraction of sp³-hybridized carbons (Fsp3) is 0.562. The number of carbonyl (C=O) groups excluding carboxylic acids is 1. The van der Waals surface area contributed by atoms with Crippen molar-refractivity contribution >= 4 is 5.91 Å². The first-order valence-corrected chi connectivity index (χ1v) is 7.61. The third-order valence-corrected chi connectivity index (χ3v) is 4.21. The van der Waals surface area contributed by atoms with Gasteiger partial charge in [-0.25, -0.2) is 8.78 Å². The Labute approximate surface area is 123 Å². The van der Waals surface area contributed by atoms with Crippen LogP contribution in [0.1, 0.15) is 36.0 Å². The van der Waals surface area contributed by atoms with Crippen molar-refractivity contribution < 1.29 is 13.6 Å².